The lowest BCUT2D eigenvalue weighted by atomic mass is 10.1. The first kappa shape index (κ1) is 23.2. The predicted octanol–water partition coefficient (Wildman–Crippen LogP) is 4.21. The highest BCUT2D eigenvalue weighted by Crippen LogP contribution is 2.18. The van der Waals surface area contributed by atoms with Crippen LogP contribution in [0.1, 0.15) is 28.3 Å². The Hall–Kier alpha value is -3.97. The zero-order valence-corrected chi connectivity index (χ0v) is 19.4. The molecule has 4 rings (SSSR count). The van der Waals surface area contributed by atoms with E-state index < -0.39 is 6.04 Å². The van der Waals surface area contributed by atoms with E-state index in [0.29, 0.717) is 24.7 Å². The molecular weight excluding hydrogens is 426 g/mol. The molecule has 2 aromatic carbocycles. The fourth-order valence-electron chi connectivity index (χ4n) is 3.57. The number of anilines is 1. The maximum Gasteiger partial charge on any atom is 0.247 e. The van der Waals surface area contributed by atoms with Crippen LogP contribution in [0.4, 0.5) is 5.82 Å². The zero-order chi connectivity index (χ0) is 23.8. The van der Waals surface area contributed by atoms with Crippen LogP contribution in [0.5, 0.6) is 5.75 Å². The second-order valence-electron chi connectivity index (χ2n) is 8.21. The second kappa shape index (κ2) is 11.2. The normalized spacial score (nSPS) is 11.7. The molecule has 0 aliphatic heterocycles. The summed E-state index contributed by atoms with van der Waals surface area (Å²) in [7, 11) is 1.86. The smallest absolute Gasteiger partial charge is 0.247 e. The molecule has 1 atom stereocenters. The Labute approximate surface area is 199 Å². The maximum atomic E-state index is 13.1. The van der Waals surface area contributed by atoms with Crippen LogP contribution in [-0.2, 0) is 24.9 Å². The number of carbonyl (C=O) groups excluding carboxylic acids is 1. The molecule has 0 bridgehead atoms. The SMILES string of the molecule is Cc1ccc(CCN[C@H](C(=O)Nc2ccc(OCc3cnn(C)c3)cn2)c2ccccc2)cc1. The molecule has 0 saturated carbocycles. The number of aromatic nitrogens is 3. The van der Waals surface area contributed by atoms with E-state index in [0.717, 1.165) is 17.5 Å². The molecule has 0 spiro atoms. The van der Waals surface area contributed by atoms with Crippen LogP contribution in [0.15, 0.2) is 85.3 Å². The Bertz CT molecular complexity index is 1190. The molecule has 0 aliphatic carbocycles. The molecular formula is C27H29N5O2. The molecule has 0 radical (unpaired) electrons. The number of ether oxygens (including phenoxy) is 1. The van der Waals surface area contributed by atoms with E-state index in [1.165, 1.54) is 11.1 Å². The summed E-state index contributed by atoms with van der Waals surface area (Å²) < 4.78 is 7.47. The number of pyridine rings is 1. The predicted molar refractivity (Wildman–Crippen MR) is 132 cm³/mol. The van der Waals surface area contributed by atoms with Crippen molar-refractivity contribution in [2.24, 2.45) is 7.05 Å². The van der Waals surface area contributed by atoms with Crippen molar-refractivity contribution >= 4 is 11.7 Å². The lowest BCUT2D eigenvalue weighted by Gasteiger charge is -2.19. The van der Waals surface area contributed by atoms with Crippen molar-refractivity contribution in [2.45, 2.75) is 26.0 Å². The molecule has 0 aliphatic rings. The Morgan fingerprint density at radius 1 is 1.00 bits per heavy atom. The molecule has 2 N–H and O–H groups in total. The number of nitrogens with zero attached hydrogens (tertiary/aromatic N) is 3. The van der Waals surface area contributed by atoms with Crippen LogP contribution in [0.2, 0.25) is 0 Å². The van der Waals surface area contributed by atoms with Gasteiger partial charge >= 0.3 is 0 Å². The Kier molecular flexibility index (Phi) is 7.67. The first-order valence-corrected chi connectivity index (χ1v) is 11.3. The summed E-state index contributed by atoms with van der Waals surface area (Å²) in [4.78, 5) is 17.5. The van der Waals surface area contributed by atoms with Crippen molar-refractivity contribution in [1.82, 2.24) is 20.1 Å². The topological polar surface area (TPSA) is 81.1 Å². The minimum atomic E-state index is -0.491. The average molecular weight is 456 g/mol. The molecule has 7 nitrogen and oxygen atoms in total. The van der Waals surface area contributed by atoms with E-state index in [-0.39, 0.29) is 5.91 Å². The van der Waals surface area contributed by atoms with Gasteiger partial charge in [0.2, 0.25) is 5.91 Å². The number of amides is 1. The zero-order valence-electron chi connectivity index (χ0n) is 19.4. The first-order chi connectivity index (χ1) is 16.6. The first-order valence-electron chi connectivity index (χ1n) is 11.3. The van der Waals surface area contributed by atoms with E-state index >= 15 is 0 Å². The van der Waals surface area contributed by atoms with Crippen LogP contribution < -0.4 is 15.4 Å². The molecule has 2 heterocycles. The van der Waals surface area contributed by atoms with Crippen molar-refractivity contribution in [3.63, 3.8) is 0 Å². The number of aryl methyl sites for hydroxylation is 2. The maximum absolute atomic E-state index is 13.1. The number of nitrogens with one attached hydrogen (secondary N) is 2. The van der Waals surface area contributed by atoms with E-state index in [1.54, 1.807) is 29.2 Å². The van der Waals surface area contributed by atoms with Gasteiger partial charge in [-0.3, -0.25) is 9.48 Å². The van der Waals surface area contributed by atoms with Gasteiger partial charge in [0, 0.05) is 25.4 Å². The highest BCUT2D eigenvalue weighted by molar-refractivity contribution is 5.94. The lowest BCUT2D eigenvalue weighted by Crippen LogP contribution is -2.34. The third-order valence-electron chi connectivity index (χ3n) is 5.43. The summed E-state index contributed by atoms with van der Waals surface area (Å²) in [6.45, 7) is 3.15. The number of hydrogen-bond acceptors (Lipinski definition) is 5. The van der Waals surface area contributed by atoms with Crippen LogP contribution in [-0.4, -0.2) is 27.2 Å². The molecule has 0 saturated heterocycles. The van der Waals surface area contributed by atoms with Gasteiger partial charge in [-0.15, -0.1) is 0 Å². The standard InChI is InChI=1S/C27H29N5O2/c1-20-8-10-21(11-9-20)14-15-28-26(23-6-4-3-5-7-23)27(33)31-25-13-12-24(17-29-25)34-19-22-16-30-32(2)18-22/h3-13,16-18,26,28H,14-15,19H2,1-2H3,(H,29,31,33)/t26-/m0/s1. The molecule has 1 amide bonds. The van der Waals surface area contributed by atoms with Crippen LogP contribution in [0.3, 0.4) is 0 Å². The van der Waals surface area contributed by atoms with Crippen LogP contribution in [0.25, 0.3) is 0 Å². The number of hydrogen-bond donors (Lipinski definition) is 2. The van der Waals surface area contributed by atoms with Gasteiger partial charge in [-0.05, 0) is 36.6 Å². The average Bonchev–Trinajstić information content (AvgIpc) is 3.28. The summed E-state index contributed by atoms with van der Waals surface area (Å²) in [6.07, 6.45) is 6.10. The molecule has 174 valence electrons. The number of rotatable bonds is 10. The quantitative estimate of drug-likeness (QED) is 0.374. The minimum absolute atomic E-state index is 0.161. The van der Waals surface area contributed by atoms with E-state index in [2.05, 4.69) is 51.9 Å². The van der Waals surface area contributed by atoms with Gasteiger partial charge in [0.15, 0.2) is 0 Å². The fourth-order valence-corrected chi connectivity index (χ4v) is 3.57. The molecule has 0 fully saturated rings. The van der Waals surface area contributed by atoms with Gasteiger partial charge in [-0.2, -0.15) is 5.10 Å². The highest BCUT2D eigenvalue weighted by atomic mass is 16.5. The van der Waals surface area contributed by atoms with Crippen LogP contribution >= 0.6 is 0 Å². The third-order valence-corrected chi connectivity index (χ3v) is 5.43. The Balaban J connectivity index is 1.36. The van der Waals surface area contributed by atoms with E-state index in [1.807, 2.05) is 43.6 Å². The van der Waals surface area contributed by atoms with Gasteiger partial charge in [0.05, 0.1) is 12.4 Å². The Morgan fingerprint density at radius 2 is 1.79 bits per heavy atom. The highest BCUT2D eigenvalue weighted by Gasteiger charge is 2.20. The van der Waals surface area contributed by atoms with E-state index in [9.17, 15) is 4.79 Å². The van der Waals surface area contributed by atoms with Gasteiger partial charge in [-0.25, -0.2) is 4.98 Å². The lowest BCUT2D eigenvalue weighted by molar-refractivity contribution is -0.118. The monoisotopic (exact) mass is 455 g/mol. The summed E-state index contributed by atoms with van der Waals surface area (Å²) in [5.41, 5.74) is 4.34. The van der Waals surface area contributed by atoms with Gasteiger partial charge in [-0.1, -0.05) is 60.2 Å². The van der Waals surface area contributed by atoms with Gasteiger partial charge in [0.25, 0.3) is 0 Å². The van der Waals surface area contributed by atoms with Crippen molar-refractivity contribution in [1.29, 1.82) is 0 Å². The summed E-state index contributed by atoms with van der Waals surface area (Å²) >= 11 is 0. The van der Waals surface area contributed by atoms with Crippen LogP contribution in [0, 0.1) is 6.92 Å². The minimum Gasteiger partial charge on any atom is -0.487 e. The molecule has 34 heavy (non-hydrogen) atoms. The number of benzene rings is 2. The van der Waals surface area contributed by atoms with E-state index in [4.69, 9.17) is 4.74 Å². The number of carbonyl (C=O) groups is 1. The van der Waals surface area contributed by atoms with Crippen molar-refractivity contribution < 1.29 is 9.53 Å². The molecule has 2 aromatic heterocycles. The van der Waals surface area contributed by atoms with Gasteiger partial charge in [0.1, 0.15) is 24.2 Å². The van der Waals surface area contributed by atoms with Crippen molar-refractivity contribution in [2.75, 3.05) is 11.9 Å². The third kappa shape index (κ3) is 6.52. The largest absolute Gasteiger partial charge is 0.487 e. The fraction of sp³-hybridized carbons (Fsp3) is 0.222. The van der Waals surface area contributed by atoms with Crippen molar-refractivity contribution in [3.05, 3.63) is 108 Å². The molecule has 7 heteroatoms. The summed E-state index contributed by atoms with van der Waals surface area (Å²) in [6, 6.07) is 21.2. The summed E-state index contributed by atoms with van der Waals surface area (Å²) in [5.74, 6) is 0.935. The second-order valence-corrected chi connectivity index (χ2v) is 8.21. The summed E-state index contributed by atoms with van der Waals surface area (Å²) in [5, 5.41) is 10.4. The Morgan fingerprint density at radius 3 is 2.47 bits per heavy atom. The van der Waals surface area contributed by atoms with Crippen molar-refractivity contribution in [3.8, 4) is 5.75 Å². The molecule has 4 aromatic rings. The molecule has 0 unspecified atom stereocenters. The van der Waals surface area contributed by atoms with Gasteiger partial charge < -0.3 is 15.4 Å².